The highest BCUT2D eigenvalue weighted by Crippen LogP contribution is 2.09. The molecule has 3 nitrogen and oxygen atoms in total. The summed E-state index contributed by atoms with van der Waals surface area (Å²) in [6.45, 7) is 0. The molecule has 1 aromatic heterocycles. The lowest BCUT2D eigenvalue weighted by molar-refractivity contribution is 0.598. The van der Waals surface area contributed by atoms with Gasteiger partial charge in [-0.3, -0.25) is 0 Å². The van der Waals surface area contributed by atoms with Gasteiger partial charge in [-0.15, -0.1) is 0 Å². The first kappa shape index (κ1) is 8.67. The van der Waals surface area contributed by atoms with Crippen molar-refractivity contribution in [2.75, 3.05) is 6.26 Å². The summed E-state index contributed by atoms with van der Waals surface area (Å²) in [5.74, 6) is 0. The number of hydrogen-bond acceptors (Lipinski definition) is 3. The fraction of sp³-hybridized carbons (Fsp3) is 0.167. The molecule has 0 bridgehead atoms. The van der Waals surface area contributed by atoms with E-state index in [9.17, 15) is 8.42 Å². The maximum absolute atomic E-state index is 10.9. The van der Waals surface area contributed by atoms with E-state index in [2.05, 4.69) is 27.0 Å². The van der Waals surface area contributed by atoms with Gasteiger partial charge in [0.05, 0.1) is 0 Å². The average Bonchev–Trinajstić information content (AvgIpc) is 1.86. The third-order valence-electron chi connectivity index (χ3n) is 1.01. The standard InChI is InChI=1S/C6H5BrNO2S/c1-11(9,10)6-4-2-3-5(7)8-6/h3-4H,1H3. The molecular formula is C6H5BrNO2S. The Bertz CT molecular complexity index is 361. The topological polar surface area (TPSA) is 47.0 Å². The molecule has 1 aromatic rings. The van der Waals surface area contributed by atoms with E-state index in [-0.39, 0.29) is 5.03 Å². The lowest BCUT2D eigenvalue weighted by atomic mass is 10.5. The second kappa shape index (κ2) is 2.91. The summed E-state index contributed by atoms with van der Waals surface area (Å²) in [5.41, 5.74) is 0. The van der Waals surface area contributed by atoms with Crippen LogP contribution < -0.4 is 0 Å². The van der Waals surface area contributed by atoms with Crippen molar-refractivity contribution in [3.8, 4) is 0 Å². The average molecular weight is 235 g/mol. The van der Waals surface area contributed by atoms with Gasteiger partial charge in [-0.25, -0.2) is 13.4 Å². The fourth-order valence-electron chi connectivity index (χ4n) is 0.541. The van der Waals surface area contributed by atoms with Crippen molar-refractivity contribution >= 4 is 25.8 Å². The van der Waals surface area contributed by atoms with Crippen molar-refractivity contribution in [1.82, 2.24) is 4.98 Å². The van der Waals surface area contributed by atoms with Crippen LogP contribution in [0, 0.1) is 6.07 Å². The molecule has 0 saturated carbocycles. The van der Waals surface area contributed by atoms with Gasteiger partial charge in [-0.05, 0) is 34.1 Å². The minimum Gasteiger partial charge on any atom is -0.229 e. The van der Waals surface area contributed by atoms with Crippen LogP contribution in [0.1, 0.15) is 0 Å². The SMILES string of the molecule is CS(=O)(=O)c1c[c]cc(Br)n1. The summed E-state index contributed by atoms with van der Waals surface area (Å²) < 4.78 is 22.2. The van der Waals surface area contributed by atoms with Crippen molar-refractivity contribution in [2.24, 2.45) is 0 Å². The van der Waals surface area contributed by atoms with E-state index >= 15 is 0 Å². The zero-order valence-electron chi connectivity index (χ0n) is 5.70. The molecule has 0 fully saturated rings. The first-order valence-electron chi connectivity index (χ1n) is 2.74. The van der Waals surface area contributed by atoms with Crippen LogP contribution in [0.2, 0.25) is 0 Å². The molecule has 0 saturated heterocycles. The normalized spacial score (nSPS) is 11.5. The van der Waals surface area contributed by atoms with E-state index in [4.69, 9.17) is 0 Å². The van der Waals surface area contributed by atoms with E-state index in [0.29, 0.717) is 4.60 Å². The van der Waals surface area contributed by atoms with Gasteiger partial charge >= 0.3 is 0 Å². The molecule has 0 unspecified atom stereocenters. The van der Waals surface area contributed by atoms with Crippen LogP contribution in [-0.4, -0.2) is 19.7 Å². The Hall–Kier alpha value is -0.420. The summed E-state index contributed by atoms with van der Waals surface area (Å²) in [6, 6.07) is 5.53. The molecule has 0 aliphatic carbocycles. The Morgan fingerprint density at radius 2 is 2.18 bits per heavy atom. The number of halogens is 1. The molecule has 59 valence electrons. The highest BCUT2D eigenvalue weighted by Gasteiger charge is 2.07. The number of nitrogens with zero attached hydrogens (tertiary/aromatic N) is 1. The largest absolute Gasteiger partial charge is 0.229 e. The van der Waals surface area contributed by atoms with Gasteiger partial charge in [0.2, 0.25) is 0 Å². The highest BCUT2D eigenvalue weighted by atomic mass is 79.9. The Morgan fingerprint density at radius 1 is 1.55 bits per heavy atom. The minimum absolute atomic E-state index is 0.0341. The van der Waals surface area contributed by atoms with E-state index in [1.54, 1.807) is 6.07 Å². The monoisotopic (exact) mass is 234 g/mol. The van der Waals surface area contributed by atoms with Crippen molar-refractivity contribution in [1.29, 1.82) is 0 Å². The summed E-state index contributed by atoms with van der Waals surface area (Å²) in [6.07, 6.45) is 1.11. The molecule has 0 aliphatic heterocycles. The van der Waals surface area contributed by atoms with Crippen LogP contribution in [0.5, 0.6) is 0 Å². The number of sulfone groups is 1. The third-order valence-corrected chi connectivity index (χ3v) is 2.38. The van der Waals surface area contributed by atoms with E-state index in [0.717, 1.165) is 6.26 Å². The van der Waals surface area contributed by atoms with Crippen LogP contribution in [0.4, 0.5) is 0 Å². The smallest absolute Gasteiger partial charge is 0.192 e. The minimum atomic E-state index is -3.20. The van der Waals surface area contributed by atoms with Gasteiger partial charge in [0.15, 0.2) is 14.9 Å². The van der Waals surface area contributed by atoms with Gasteiger partial charge in [0.25, 0.3) is 0 Å². The predicted octanol–water partition coefficient (Wildman–Crippen LogP) is 1.05. The summed E-state index contributed by atoms with van der Waals surface area (Å²) in [4.78, 5) is 3.74. The Labute approximate surface area is 73.5 Å². The zero-order valence-corrected chi connectivity index (χ0v) is 8.11. The lowest BCUT2D eigenvalue weighted by Crippen LogP contribution is -1.99. The van der Waals surface area contributed by atoms with E-state index in [1.165, 1.54) is 6.07 Å². The van der Waals surface area contributed by atoms with Crippen LogP contribution in [0.15, 0.2) is 21.8 Å². The van der Waals surface area contributed by atoms with E-state index < -0.39 is 9.84 Å². The van der Waals surface area contributed by atoms with Gasteiger partial charge in [-0.1, -0.05) is 0 Å². The molecule has 1 heterocycles. The molecule has 0 atom stereocenters. The second-order valence-corrected chi connectivity index (χ2v) is 4.78. The first-order chi connectivity index (χ1) is 5.00. The molecule has 0 aromatic carbocycles. The first-order valence-corrected chi connectivity index (χ1v) is 5.42. The molecular weight excluding hydrogens is 230 g/mol. The molecule has 1 radical (unpaired) electrons. The maximum atomic E-state index is 10.9. The Morgan fingerprint density at radius 3 is 2.55 bits per heavy atom. The number of hydrogen-bond donors (Lipinski definition) is 0. The molecule has 0 amide bonds. The van der Waals surface area contributed by atoms with Gasteiger partial charge in [0.1, 0.15) is 4.60 Å². The van der Waals surface area contributed by atoms with Crippen LogP contribution in [-0.2, 0) is 9.84 Å². The van der Waals surface area contributed by atoms with Crippen LogP contribution >= 0.6 is 15.9 Å². The van der Waals surface area contributed by atoms with E-state index in [1.807, 2.05) is 0 Å². The summed E-state index contributed by atoms with van der Waals surface area (Å²) in [7, 11) is -3.20. The number of pyridine rings is 1. The molecule has 0 N–H and O–H groups in total. The summed E-state index contributed by atoms with van der Waals surface area (Å²) >= 11 is 3.05. The van der Waals surface area contributed by atoms with Crippen molar-refractivity contribution in [2.45, 2.75) is 5.03 Å². The van der Waals surface area contributed by atoms with Crippen LogP contribution in [0.3, 0.4) is 0 Å². The highest BCUT2D eigenvalue weighted by molar-refractivity contribution is 9.10. The predicted molar refractivity (Wildman–Crippen MR) is 43.9 cm³/mol. The molecule has 0 aliphatic rings. The third kappa shape index (κ3) is 2.27. The van der Waals surface area contributed by atoms with Crippen molar-refractivity contribution in [3.63, 3.8) is 0 Å². The maximum Gasteiger partial charge on any atom is 0.192 e. The van der Waals surface area contributed by atoms with Gasteiger partial charge < -0.3 is 0 Å². The lowest BCUT2D eigenvalue weighted by Gasteiger charge is -1.95. The van der Waals surface area contributed by atoms with Gasteiger partial charge in [-0.2, -0.15) is 0 Å². The summed E-state index contributed by atoms with van der Waals surface area (Å²) in [5, 5.41) is 0.0341. The number of rotatable bonds is 1. The zero-order chi connectivity index (χ0) is 8.48. The number of aromatic nitrogens is 1. The molecule has 0 spiro atoms. The Balaban J connectivity index is 3.28. The molecule has 1 rings (SSSR count). The van der Waals surface area contributed by atoms with Crippen molar-refractivity contribution in [3.05, 3.63) is 22.8 Å². The molecule has 5 heteroatoms. The van der Waals surface area contributed by atoms with Crippen LogP contribution in [0.25, 0.3) is 0 Å². The fourth-order valence-corrected chi connectivity index (χ4v) is 1.53. The van der Waals surface area contributed by atoms with Gasteiger partial charge in [0, 0.05) is 6.26 Å². The molecule has 11 heavy (non-hydrogen) atoms. The quantitative estimate of drug-likeness (QED) is 0.683. The second-order valence-electron chi connectivity index (χ2n) is 2.00. The Kier molecular flexibility index (Phi) is 2.29. The van der Waals surface area contributed by atoms with Crippen molar-refractivity contribution < 1.29 is 8.42 Å².